The van der Waals surface area contributed by atoms with Gasteiger partial charge in [0.2, 0.25) is 0 Å². The smallest absolute Gasteiger partial charge is 0.255 e. The zero-order valence-corrected chi connectivity index (χ0v) is 12.8. The third-order valence-corrected chi connectivity index (χ3v) is 3.80. The summed E-state index contributed by atoms with van der Waals surface area (Å²) in [6.45, 7) is 0. The van der Waals surface area contributed by atoms with Crippen LogP contribution >= 0.6 is 31.9 Å². The summed E-state index contributed by atoms with van der Waals surface area (Å²) in [6.07, 6.45) is 0. The molecule has 0 aromatic heterocycles. The maximum Gasteiger partial charge on any atom is 0.255 e. The van der Waals surface area contributed by atoms with Gasteiger partial charge in [0.15, 0.2) is 0 Å². The van der Waals surface area contributed by atoms with Crippen molar-refractivity contribution < 1.29 is 9.18 Å². The molecule has 3 nitrogen and oxygen atoms in total. The van der Waals surface area contributed by atoms with E-state index in [2.05, 4.69) is 37.2 Å². The Morgan fingerprint density at radius 3 is 2.42 bits per heavy atom. The molecule has 2 aromatic rings. The predicted octanol–water partition coefficient (Wildman–Crippen LogP) is 4.19. The van der Waals surface area contributed by atoms with Gasteiger partial charge in [-0.2, -0.15) is 0 Å². The molecule has 0 fully saturated rings. The molecule has 0 saturated carbocycles. The van der Waals surface area contributed by atoms with Crippen molar-refractivity contribution >= 4 is 49.1 Å². The molecule has 6 heteroatoms. The third-order valence-electron chi connectivity index (χ3n) is 2.44. The molecule has 0 saturated heterocycles. The van der Waals surface area contributed by atoms with Gasteiger partial charge in [-0.1, -0.05) is 0 Å². The highest BCUT2D eigenvalue weighted by atomic mass is 79.9. The van der Waals surface area contributed by atoms with Gasteiger partial charge < -0.3 is 11.1 Å². The van der Waals surface area contributed by atoms with E-state index in [1.165, 1.54) is 12.1 Å². The van der Waals surface area contributed by atoms with Crippen LogP contribution in [-0.2, 0) is 0 Å². The molecule has 19 heavy (non-hydrogen) atoms. The van der Waals surface area contributed by atoms with Crippen LogP contribution in [0.1, 0.15) is 10.4 Å². The molecular formula is C13H9Br2FN2O. The minimum atomic E-state index is -0.437. The molecule has 1 amide bonds. The first-order valence-electron chi connectivity index (χ1n) is 5.29. The zero-order chi connectivity index (χ0) is 14.0. The molecule has 0 aliphatic rings. The minimum absolute atomic E-state index is 0.346. The van der Waals surface area contributed by atoms with Crippen molar-refractivity contribution in [2.45, 2.75) is 0 Å². The molecule has 0 aliphatic heterocycles. The number of amides is 1. The first-order valence-corrected chi connectivity index (χ1v) is 6.87. The highest BCUT2D eigenvalue weighted by Gasteiger charge is 2.09. The lowest BCUT2D eigenvalue weighted by atomic mass is 10.2. The number of halogens is 3. The summed E-state index contributed by atoms with van der Waals surface area (Å²) >= 11 is 6.30. The molecule has 2 rings (SSSR count). The van der Waals surface area contributed by atoms with E-state index < -0.39 is 5.82 Å². The number of anilines is 2. The Morgan fingerprint density at radius 1 is 1.11 bits per heavy atom. The van der Waals surface area contributed by atoms with E-state index >= 15 is 0 Å². The van der Waals surface area contributed by atoms with Gasteiger partial charge in [0.05, 0.1) is 4.47 Å². The number of nitrogens with one attached hydrogen (secondary N) is 1. The van der Waals surface area contributed by atoms with Crippen molar-refractivity contribution in [1.82, 2.24) is 0 Å². The average Bonchev–Trinajstić information content (AvgIpc) is 2.37. The quantitative estimate of drug-likeness (QED) is 0.759. The van der Waals surface area contributed by atoms with E-state index in [-0.39, 0.29) is 5.91 Å². The summed E-state index contributed by atoms with van der Waals surface area (Å²) in [4.78, 5) is 12.0. The van der Waals surface area contributed by atoms with Crippen LogP contribution in [0.3, 0.4) is 0 Å². The van der Waals surface area contributed by atoms with Crippen molar-refractivity contribution in [1.29, 1.82) is 0 Å². The highest BCUT2D eigenvalue weighted by molar-refractivity contribution is 9.10. The summed E-state index contributed by atoms with van der Waals surface area (Å²) in [5.74, 6) is -0.783. The van der Waals surface area contributed by atoms with E-state index in [9.17, 15) is 9.18 Å². The summed E-state index contributed by atoms with van der Waals surface area (Å²) in [5.41, 5.74) is 6.96. The van der Waals surface area contributed by atoms with Crippen LogP contribution in [0.4, 0.5) is 15.8 Å². The molecule has 0 radical (unpaired) electrons. The van der Waals surface area contributed by atoms with Gasteiger partial charge in [-0.3, -0.25) is 4.79 Å². The molecular weight excluding hydrogens is 379 g/mol. The highest BCUT2D eigenvalue weighted by Crippen LogP contribution is 2.22. The summed E-state index contributed by atoms with van der Waals surface area (Å²) in [7, 11) is 0. The first-order chi connectivity index (χ1) is 8.97. The molecule has 0 atom stereocenters. The maximum absolute atomic E-state index is 13.3. The van der Waals surface area contributed by atoms with Gasteiger partial charge in [0.25, 0.3) is 5.91 Å². The van der Waals surface area contributed by atoms with Crippen molar-refractivity contribution in [2.24, 2.45) is 0 Å². The molecule has 0 spiro atoms. The van der Waals surface area contributed by atoms with E-state index in [4.69, 9.17) is 5.73 Å². The lowest BCUT2D eigenvalue weighted by molar-refractivity contribution is 0.102. The number of benzene rings is 2. The van der Waals surface area contributed by atoms with E-state index in [0.717, 1.165) is 4.47 Å². The number of carbonyl (C=O) groups excluding carboxylic acids is 1. The summed E-state index contributed by atoms with van der Waals surface area (Å²) in [5, 5.41) is 2.60. The standard InChI is InChI=1S/C13H9Br2FN2O/c14-9-4-2-8(6-11(9)16)18-13(19)7-1-3-10(15)12(17)5-7/h1-6H,17H2,(H,18,19). The normalized spacial score (nSPS) is 10.3. The first kappa shape index (κ1) is 14.0. The lowest BCUT2D eigenvalue weighted by Gasteiger charge is -2.07. The van der Waals surface area contributed by atoms with Gasteiger partial charge in [-0.25, -0.2) is 4.39 Å². The van der Waals surface area contributed by atoms with Gasteiger partial charge in [-0.15, -0.1) is 0 Å². The molecule has 0 bridgehead atoms. The maximum atomic E-state index is 13.3. The second-order valence-electron chi connectivity index (χ2n) is 3.82. The molecule has 0 unspecified atom stereocenters. The minimum Gasteiger partial charge on any atom is -0.398 e. The van der Waals surface area contributed by atoms with Crippen LogP contribution in [0.2, 0.25) is 0 Å². The molecule has 98 valence electrons. The van der Waals surface area contributed by atoms with Gasteiger partial charge >= 0.3 is 0 Å². The number of carbonyl (C=O) groups is 1. The largest absolute Gasteiger partial charge is 0.398 e. The fourth-order valence-corrected chi connectivity index (χ4v) is 1.96. The van der Waals surface area contributed by atoms with Crippen LogP contribution in [0, 0.1) is 5.82 Å². The summed E-state index contributed by atoms with van der Waals surface area (Å²) < 4.78 is 14.4. The van der Waals surface area contributed by atoms with Crippen molar-refractivity contribution in [3.8, 4) is 0 Å². The fourth-order valence-electron chi connectivity index (χ4n) is 1.46. The Balaban J connectivity index is 2.20. The molecule has 0 heterocycles. The Labute approximate surface area is 126 Å². The summed E-state index contributed by atoms with van der Waals surface area (Å²) in [6, 6.07) is 9.24. The second kappa shape index (κ2) is 5.71. The van der Waals surface area contributed by atoms with Crippen LogP contribution in [0.5, 0.6) is 0 Å². The van der Waals surface area contributed by atoms with Gasteiger partial charge in [0.1, 0.15) is 5.82 Å². The van der Waals surface area contributed by atoms with Crippen LogP contribution in [0.15, 0.2) is 45.3 Å². The number of nitrogen functional groups attached to an aromatic ring is 1. The lowest BCUT2D eigenvalue weighted by Crippen LogP contribution is -2.12. The second-order valence-corrected chi connectivity index (χ2v) is 5.53. The van der Waals surface area contributed by atoms with Gasteiger partial charge in [-0.05, 0) is 68.3 Å². The van der Waals surface area contributed by atoms with E-state index in [1.54, 1.807) is 24.3 Å². The Hall–Kier alpha value is -1.40. The fraction of sp³-hybridized carbons (Fsp3) is 0. The topological polar surface area (TPSA) is 55.1 Å². The number of rotatable bonds is 2. The molecule has 0 aliphatic carbocycles. The van der Waals surface area contributed by atoms with Crippen molar-refractivity contribution in [3.05, 3.63) is 56.7 Å². The zero-order valence-electron chi connectivity index (χ0n) is 9.58. The molecule has 2 aromatic carbocycles. The third kappa shape index (κ3) is 3.33. The monoisotopic (exact) mass is 386 g/mol. The van der Waals surface area contributed by atoms with Crippen molar-refractivity contribution in [2.75, 3.05) is 11.1 Å². The van der Waals surface area contributed by atoms with Crippen LogP contribution in [-0.4, -0.2) is 5.91 Å². The Morgan fingerprint density at radius 2 is 1.79 bits per heavy atom. The van der Waals surface area contributed by atoms with Crippen LogP contribution < -0.4 is 11.1 Å². The number of hydrogen-bond acceptors (Lipinski definition) is 2. The number of nitrogens with two attached hydrogens (primary N) is 1. The average molecular weight is 388 g/mol. The van der Waals surface area contributed by atoms with E-state index in [0.29, 0.717) is 21.4 Å². The SMILES string of the molecule is Nc1cc(C(=O)Nc2ccc(Br)c(F)c2)ccc1Br. The predicted molar refractivity (Wildman–Crippen MR) is 80.6 cm³/mol. The molecule has 3 N–H and O–H groups in total. The van der Waals surface area contributed by atoms with E-state index in [1.807, 2.05) is 0 Å². The van der Waals surface area contributed by atoms with Crippen molar-refractivity contribution in [3.63, 3.8) is 0 Å². The Bertz CT molecular complexity index is 647. The van der Waals surface area contributed by atoms with Gasteiger partial charge in [0, 0.05) is 21.4 Å². The Kier molecular flexibility index (Phi) is 4.21. The van der Waals surface area contributed by atoms with Crippen LogP contribution in [0.25, 0.3) is 0 Å². The number of hydrogen-bond donors (Lipinski definition) is 2.